The van der Waals surface area contributed by atoms with E-state index in [1.165, 1.54) is 11.1 Å². The molecule has 76 valence electrons. The van der Waals surface area contributed by atoms with Crippen LogP contribution < -0.4 is 4.74 Å². The van der Waals surface area contributed by atoms with Gasteiger partial charge in [0.1, 0.15) is 12.4 Å². The molecule has 1 heterocycles. The number of hydrogen-bond acceptors (Lipinski definition) is 2. The molecule has 0 aliphatic heterocycles. The van der Waals surface area contributed by atoms with Gasteiger partial charge in [0.05, 0.1) is 6.20 Å². The minimum Gasteiger partial charge on any atom is -0.487 e. The Morgan fingerprint density at radius 2 is 2.00 bits per heavy atom. The van der Waals surface area contributed by atoms with Gasteiger partial charge in [0.2, 0.25) is 0 Å². The third-order valence-electron chi connectivity index (χ3n) is 2.29. The summed E-state index contributed by atoms with van der Waals surface area (Å²) >= 11 is 0. The molecular formula is C13H13NO. The highest BCUT2D eigenvalue weighted by Crippen LogP contribution is 2.12. The maximum atomic E-state index is 5.61. The maximum absolute atomic E-state index is 5.61. The van der Waals surface area contributed by atoms with Crippen LogP contribution in [0.3, 0.4) is 0 Å². The summed E-state index contributed by atoms with van der Waals surface area (Å²) in [5.74, 6) is 0.806. The molecule has 0 saturated carbocycles. The molecule has 0 saturated heterocycles. The number of aromatic nitrogens is 1. The van der Waals surface area contributed by atoms with Gasteiger partial charge in [-0.25, -0.2) is 0 Å². The summed E-state index contributed by atoms with van der Waals surface area (Å²) in [6, 6.07) is 12.0. The summed E-state index contributed by atoms with van der Waals surface area (Å²) in [5.41, 5.74) is 2.46. The van der Waals surface area contributed by atoms with E-state index >= 15 is 0 Å². The Morgan fingerprint density at radius 3 is 2.73 bits per heavy atom. The largest absolute Gasteiger partial charge is 0.487 e. The van der Waals surface area contributed by atoms with Gasteiger partial charge in [-0.1, -0.05) is 24.3 Å². The Morgan fingerprint density at radius 1 is 1.13 bits per heavy atom. The zero-order valence-electron chi connectivity index (χ0n) is 8.68. The molecule has 0 bridgehead atoms. The highest BCUT2D eigenvalue weighted by Gasteiger charge is 1.97. The van der Waals surface area contributed by atoms with Gasteiger partial charge in [-0.3, -0.25) is 4.98 Å². The van der Waals surface area contributed by atoms with Crippen molar-refractivity contribution < 1.29 is 4.74 Å². The Bertz CT molecular complexity index is 426. The topological polar surface area (TPSA) is 22.1 Å². The van der Waals surface area contributed by atoms with Crippen LogP contribution in [0.4, 0.5) is 0 Å². The van der Waals surface area contributed by atoms with Crippen LogP contribution in [0, 0.1) is 6.92 Å². The fourth-order valence-corrected chi connectivity index (χ4v) is 1.37. The van der Waals surface area contributed by atoms with Gasteiger partial charge in [0, 0.05) is 6.20 Å². The van der Waals surface area contributed by atoms with E-state index in [2.05, 4.69) is 24.0 Å². The quantitative estimate of drug-likeness (QED) is 0.758. The van der Waals surface area contributed by atoms with Gasteiger partial charge in [-0.05, 0) is 30.2 Å². The molecule has 1 aromatic carbocycles. The average Bonchev–Trinajstić information content (AvgIpc) is 2.29. The Hall–Kier alpha value is -1.83. The molecule has 1 aromatic heterocycles. The second-order valence-electron chi connectivity index (χ2n) is 3.40. The summed E-state index contributed by atoms with van der Waals surface area (Å²) in [6.07, 6.45) is 3.46. The number of hydrogen-bond donors (Lipinski definition) is 0. The number of rotatable bonds is 3. The standard InChI is InChI=1S/C13H13NO/c1-11-5-2-3-6-12(11)10-15-13-7-4-8-14-9-13/h2-9H,10H2,1H3. The smallest absolute Gasteiger partial charge is 0.138 e. The highest BCUT2D eigenvalue weighted by atomic mass is 16.5. The molecule has 15 heavy (non-hydrogen) atoms. The third kappa shape index (κ3) is 2.56. The predicted molar refractivity (Wildman–Crippen MR) is 59.7 cm³/mol. The first-order chi connectivity index (χ1) is 7.36. The SMILES string of the molecule is Cc1ccccc1COc1cccnc1. The van der Waals surface area contributed by atoms with Gasteiger partial charge in [-0.15, -0.1) is 0 Å². The van der Waals surface area contributed by atoms with Gasteiger partial charge in [0.25, 0.3) is 0 Å². The van der Waals surface area contributed by atoms with Crippen LogP contribution in [0.2, 0.25) is 0 Å². The first kappa shape index (κ1) is 9.71. The highest BCUT2D eigenvalue weighted by molar-refractivity contribution is 5.25. The fourth-order valence-electron chi connectivity index (χ4n) is 1.37. The Balaban J connectivity index is 2.03. The monoisotopic (exact) mass is 199 g/mol. The normalized spacial score (nSPS) is 9.93. The lowest BCUT2D eigenvalue weighted by molar-refractivity contribution is 0.304. The van der Waals surface area contributed by atoms with E-state index < -0.39 is 0 Å². The van der Waals surface area contributed by atoms with Crippen molar-refractivity contribution in [1.82, 2.24) is 4.98 Å². The Kier molecular flexibility index (Phi) is 2.98. The minimum absolute atomic E-state index is 0.596. The summed E-state index contributed by atoms with van der Waals surface area (Å²) in [7, 11) is 0. The molecule has 2 rings (SSSR count). The van der Waals surface area contributed by atoms with E-state index in [1.54, 1.807) is 12.4 Å². The van der Waals surface area contributed by atoms with Crippen molar-refractivity contribution in [2.24, 2.45) is 0 Å². The number of pyridine rings is 1. The van der Waals surface area contributed by atoms with Crippen molar-refractivity contribution in [3.8, 4) is 5.75 Å². The van der Waals surface area contributed by atoms with E-state index in [9.17, 15) is 0 Å². The molecule has 0 fully saturated rings. The molecule has 2 heteroatoms. The fraction of sp³-hybridized carbons (Fsp3) is 0.154. The third-order valence-corrected chi connectivity index (χ3v) is 2.29. The lowest BCUT2D eigenvalue weighted by Crippen LogP contribution is -1.97. The number of benzene rings is 1. The first-order valence-corrected chi connectivity index (χ1v) is 4.93. The van der Waals surface area contributed by atoms with Crippen LogP contribution in [-0.4, -0.2) is 4.98 Å². The van der Waals surface area contributed by atoms with Gasteiger partial charge < -0.3 is 4.74 Å². The molecule has 0 radical (unpaired) electrons. The molecule has 2 aromatic rings. The number of ether oxygens (including phenoxy) is 1. The molecule has 0 unspecified atom stereocenters. The number of aryl methyl sites for hydroxylation is 1. The van der Waals surface area contributed by atoms with Crippen LogP contribution in [-0.2, 0) is 6.61 Å². The number of nitrogens with zero attached hydrogens (tertiary/aromatic N) is 1. The van der Waals surface area contributed by atoms with E-state index in [1.807, 2.05) is 24.3 Å². The summed E-state index contributed by atoms with van der Waals surface area (Å²) in [6.45, 7) is 2.68. The predicted octanol–water partition coefficient (Wildman–Crippen LogP) is 2.97. The van der Waals surface area contributed by atoms with Gasteiger partial charge >= 0.3 is 0 Å². The molecule has 0 amide bonds. The van der Waals surface area contributed by atoms with Crippen molar-refractivity contribution in [2.45, 2.75) is 13.5 Å². The van der Waals surface area contributed by atoms with E-state index in [-0.39, 0.29) is 0 Å². The zero-order chi connectivity index (χ0) is 10.5. The minimum atomic E-state index is 0.596. The molecule has 0 spiro atoms. The zero-order valence-corrected chi connectivity index (χ0v) is 8.68. The molecule has 2 nitrogen and oxygen atoms in total. The lowest BCUT2D eigenvalue weighted by atomic mass is 10.1. The maximum Gasteiger partial charge on any atom is 0.138 e. The van der Waals surface area contributed by atoms with Crippen LogP contribution in [0.1, 0.15) is 11.1 Å². The van der Waals surface area contributed by atoms with Crippen LogP contribution in [0.15, 0.2) is 48.8 Å². The summed E-state index contributed by atoms with van der Waals surface area (Å²) in [4.78, 5) is 3.99. The van der Waals surface area contributed by atoms with E-state index in [4.69, 9.17) is 4.74 Å². The van der Waals surface area contributed by atoms with Gasteiger partial charge in [0.15, 0.2) is 0 Å². The molecular weight excluding hydrogens is 186 g/mol. The second-order valence-corrected chi connectivity index (χ2v) is 3.40. The van der Waals surface area contributed by atoms with Gasteiger partial charge in [-0.2, -0.15) is 0 Å². The van der Waals surface area contributed by atoms with Crippen molar-refractivity contribution in [2.75, 3.05) is 0 Å². The molecule has 0 N–H and O–H groups in total. The lowest BCUT2D eigenvalue weighted by Gasteiger charge is -2.07. The van der Waals surface area contributed by atoms with Crippen LogP contribution in [0.5, 0.6) is 5.75 Å². The van der Waals surface area contributed by atoms with Crippen molar-refractivity contribution in [1.29, 1.82) is 0 Å². The average molecular weight is 199 g/mol. The van der Waals surface area contributed by atoms with Crippen molar-refractivity contribution in [3.63, 3.8) is 0 Å². The Labute approximate surface area is 89.6 Å². The van der Waals surface area contributed by atoms with Crippen molar-refractivity contribution >= 4 is 0 Å². The second kappa shape index (κ2) is 4.60. The van der Waals surface area contributed by atoms with E-state index in [0.717, 1.165) is 5.75 Å². The molecule has 0 aliphatic rings. The van der Waals surface area contributed by atoms with Crippen LogP contribution in [0.25, 0.3) is 0 Å². The van der Waals surface area contributed by atoms with Crippen molar-refractivity contribution in [3.05, 3.63) is 59.9 Å². The summed E-state index contributed by atoms with van der Waals surface area (Å²) in [5, 5.41) is 0. The molecule has 0 aliphatic carbocycles. The van der Waals surface area contributed by atoms with Crippen LogP contribution >= 0.6 is 0 Å². The van der Waals surface area contributed by atoms with E-state index in [0.29, 0.717) is 6.61 Å². The first-order valence-electron chi connectivity index (χ1n) is 4.93. The summed E-state index contributed by atoms with van der Waals surface area (Å²) < 4.78 is 5.61. The molecule has 0 atom stereocenters.